The molecule has 1 aromatic carbocycles. The van der Waals surface area contributed by atoms with E-state index in [0.29, 0.717) is 23.9 Å². The largest absolute Gasteiger partial charge is 0.370 e. The molecule has 20 heavy (non-hydrogen) atoms. The molecule has 2 rings (SSSR count). The van der Waals surface area contributed by atoms with Gasteiger partial charge in [-0.2, -0.15) is 0 Å². The van der Waals surface area contributed by atoms with E-state index >= 15 is 0 Å². The van der Waals surface area contributed by atoms with Crippen LogP contribution >= 0.6 is 11.6 Å². The van der Waals surface area contributed by atoms with Crippen molar-refractivity contribution in [3.63, 3.8) is 0 Å². The van der Waals surface area contributed by atoms with Crippen molar-refractivity contribution in [2.45, 2.75) is 38.3 Å². The summed E-state index contributed by atoms with van der Waals surface area (Å²) in [5.74, 6) is -0.305. The Morgan fingerprint density at radius 3 is 2.45 bits per heavy atom. The van der Waals surface area contributed by atoms with Crippen molar-refractivity contribution in [3.05, 3.63) is 29.3 Å². The summed E-state index contributed by atoms with van der Waals surface area (Å²) < 4.78 is 0. The molecule has 4 nitrogen and oxygen atoms in total. The van der Waals surface area contributed by atoms with Gasteiger partial charge in [0.2, 0.25) is 5.91 Å². The molecular formula is C15H22ClN3O. The topological polar surface area (TPSA) is 58.4 Å². The van der Waals surface area contributed by atoms with Crippen molar-refractivity contribution >= 4 is 23.2 Å². The lowest BCUT2D eigenvalue weighted by molar-refractivity contribution is -0.124. The summed E-state index contributed by atoms with van der Waals surface area (Å²) in [5.41, 5.74) is 5.73. The maximum atomic E-state index is 12.0. The smallest absolute Gasteiger partial charge is 0.243 e. The Balaban J connectivity index is 2.16. The molecule has 110 valence electrons. The molecule has 1 aliphatic rings. The van der Waals surface area contributed by atoms with Crippen LogP contribution in [-0.4, -0.2) is 35.5 Å². The number of likely N-dealkylation sites (tertiary alicyclic amines) is 1. The van der Waals surface area contributed by atoms with Crippen LogP contribution in [0.25, 0.3) is 0 Å². The van der Waals surface area contributed by atoms with Crippen LogP contribution in [0.4, 0.5) is 5.69 Å². The zero-order chi connectivity index (χ0) is 14.8. The van der Waals surface area contributed by atoms with Gasteiger partial charge in [0.25, 0.3) is 0 Å². The summed E-state index contributed by atoms with van der Waals surface area (Å²) in [5, 5.41) is 3.90. The first kappa shape index (κ1) is 15.1. The van der Waals surface area contributed by atoms with Gasteiger partial charge < -0.3 is 16.0 Å². The Morgan fingerprint density at radius 2 is 1.95 bits per heavy atom. The summed E-state index contributed by atoms with van der Waals surface area (Å²) in [6.07, 6.45) is 1.40. The fraction of sp³-hybridized carbons (Fsp3) is 0.533. The molecule has 0 bridgehead atoms. The van der Waals surface area contributed by atoms with Gasteiger partial charge in [-0.3, -0.25) is 4.79 Å². The molecule has 1 saturated heterocycles. The highest BCUT2D eigenvalue weighted by molar-refractivity contribution is 6.33. The first-order valence-electron chi connectivity index (χ1n) is 7.01. The van der Waals surface area contributed by atoms with Crippen LogP contribution in [0.15, 0.2) is 24.3 Å². The first-order valence-corrected chi connectivity index (χ1v) is 7.39. The molecular weight excluding hydrogens is 274 g/mol. The minimum absolute atomic E-state index is 0.305. The quantitative estimate of drug-likeness (QED) is 0.897. The molecule has 0 atom stereocenters. The zero-order valence-corrected chi connectivity index (χ0v) is 12.8. The normalized spacial score (nSPS) is 19.0. The fourth-order valence-electron chi connectivity index (χ4n) is 2.68. The SMILES string of the molecule is CC(C)N1CCC(Nc2ccccc2Cl)(C(N)=O)CC1. The van der Waals surface area contributed by atoms with E-state index in [1.165, 1.54) is 0 Å². The lowest BCUT2D eigenvalue weighted by Crippen LogP contribution is -2.58. The second kappa shape index (κ2) is 6.02. The number of rotatable bonds is 4. The number of nitrogens with two attached hydrogens (primary N) is 1. The molecule has 1 aromatic rings. The lowest BCUT2D eigenvalue weighted by atomic mass is 9.86. The fourth-order valence-corrected chi connectivity index (χ4v) is 2.86. The number of nitrogens with one attached hydrogen (secondary N) is 1. The Bertz CT molecular complexity index is 482. The number of halogens is 1. The van der Waals surface area contributed by atoms with Gasteiger partial charge in [0.05, 0.1) is 10.7 Å². The summed E-state index contributed by atoms with van der Waals surface area (Å²) in [4.78, 5) is 14.3. The van der Waals surface area contributed by atoms with Crippen molar-refractivity contribution in [3.8, 4) is 0 Å². The van der Waals surface area contributed by atoms with Gasteiger partial charge in [-0.1, -0.05) is 23.7 Å². The number of primary amides is 1. The minimum atomic E-state index is -0.698. The predicted molar refractivity (Wildman–Crippen MR) is 82.9 cm³/mol. The van der Waals surface area contributed by atoms with Crippen LogP contribution in [0.1, 0.15) is 26.7 Å². The summed E-state index contributed by atoms with van der Waals surface area (Å²) in [6.45, 7) is 6.05. The first-order chi connectivity index (χ1) is 9.44. The molecule has 1 heterocycles. The molecule has 1 fully saturated rings. The van der Waals surface area contributed by atoms with Gasteiger partial charge in [0.1, 0.15) is 5.54 Å². The van der Waals surface area contributed by atoms with Gasteiger partial charge in [0, 0.05) is 19.1 Å². The maximum absolute atomic E-state index is 12.0. The van der Waals surface area contributed by atoms with Crippen molar-refractivity contribution in [1.82, 2.24) is 4.90 Å². The lowest BCUT2D eigenvalue weighted by Gasteiger charge is -2.42. The number of carbonyl (C=O) groups is 1. The molecule has 1 aliphatic heterocycles. The van der Waals surface area contributed by atoms with Gasteiger partial charge in [-0.15, -0.1) is 0 Å². The number of nitrogens with zero attached hydrogens (tertiary/aromatic N) is 1. The van der Waals surface area contributed by atoms with E-state index in [1.54, 1.807) is 0 Å². The second-order valence-electron chi connectivity index (χ2n) is 5.68. The van der Waals surface area contributed by atoms with Crippen LogP contribution < -0.4 is 11.1 Å². The molecule has 3 N–H and O–H groups in total. The number of hydrogen-bond donors (Lipinski definition) is 2. The third kappa shape index (κ3) is 3.07. The van der Waals surface area contributed by atoms with Gasteiger partial charge in [0.15, 0.2) is 0 Å². The number of piperidine rings is 1. The summed E-state index contributed by atoms with van der Waals surface area (Å²) in [6, 6.07) is 7.93. The second-order valence-corrected chi connectivity index (χ2v) is 6.09. The number of carbonyl (C=O) groups excluding carboxylic acids is 1. The van der Waals surface area contributed by atoms with Crippen molar-refractivity contribution in [2.75, 3.05) is 18.4 Å². The highest BCUT2D eigenvalue weighted by atomic mass is 35.5. The number of para-hydroxylation sites is 1. The van der Waals surface area contributed by atoms with E-state index in [9.17, 15) is 4.79 Å². The molecule has 0 spiro atoms. The molecule has 0 unspecified atom stereocenters. The van der Waals surface area contributed by atoms with Crippen molar-refractivity contribution in [2.24, 2.45) is 5.73 Å². The summed E-state index contributed by atoms with van der Waals surface area (Å²) >= 11 is 6.16. The van der Waals surface area contributed by atoms with Crippen LogP contribution in [0.2, 0.25) is 5.02 Å². The number of hydrogen-bond acceptors (Lipinski definition) is 3. The maximum Gasteiger partial charge on any atom is 0.243 e. The predicted octanol–water partition coefficient (Wildman–Crippen LogP) is 2.48. The Kier molecular flexibility index (Phi) is 4.55. The van der Waals surface area contributed by atoms with E-state index in [2.05, 4.69) is 24.1 Å². The standard InChI is InChI=1S/C15H22ClN3O/c1-11(2)19-9-7-15(8-10-19,14(17)20)18-13-6-4-3-5-12(13)16/h3-6,11,18H,7-10H2,1-2H3,(H2,17,20). The van der Waals surface area contributed by atoms with E-state index in [0.717, 1.165) is 18.8 Å². The van der Waals surface area contributed by atoms with Gasteiger partial charge >= 0.3 is 0 Å². The highest BCUT2D eigenvalue weighted by Crippen LogP contribution is 2.31. The Hall–Kier alpha value is -1.26. The minimum Gasteiger partial charge on any atom is -0.370 e. The highest BCUT2D eigenvalue weighted by Gasteiger charge is 2.40. The summed E-state index contributed by atoms with van der Waals surface area (Å²) in [7, 11) is 0. The molecule has 0 aliphatic carbocycles. The van der Waals surface area contributed by atoms with Crippen LogP contribution in [0, 0.1) is 0 Å². The van der Waals surface area contributed by atoms with Gasteiger partial charge in [-0.25, -0.2) is 0 Å². The van der Waals surface area contributed by atoms with Crippen molar-refractivity contribution < 1.29 is 4.79 Å². The molecule has 5 heteroatoms. The average molecular weight is 296 g/mol. The number of anilines is 1. The van der Waals surface area contributed by atoms with E-state index in [-0.39, 0.29) is 5.91 Å². The van der Waals surface area contributed by atoms with E-state index in [4.69, 9.17) is 17.3 Å². The third-order valence-corrected chi connectivity index (χ3v) is 4.43. The Morgan fingerprint density at radius 1 is 1.35 bits per heavy atom. The number of benzene rings is 1. The van der Waals surface area contributed by atoms with Gasteiger partial charge in [-0.05, 0) is 38.8 Å². The molecule has 0 saturated carbocycles. The molecule has 0 radical (unpaired) electrons. The van der Waals surface area contributed by atoms with Crippen LogP contribution in [-0.2, 0) is 4.79 Å². The van der Waals surface area contributed by atoms with E-state index in [1.807, 2.05) is 24.3 Å². The van der Waals surface area contributed by atoms with Crippen molar-refractivity contribution in [1.29, 1.82) is 0 Å². The third-order valence-electron chi connectivity index (χ3n) is 4.10. The average Bonchev–Trinajstić information content (AvgIpc) is 2.42. The zero-order valence-electron chi connectivity index (χ0n) is 12.0. The van der Waals surface area contributed by atoms with E-state index < -0.39 is 5.54 Å². The monoisotopic (exact) mass is 295 g/mol. The molecule has 0 aromatic heterocycles. The van der Waals surface area contributed by atoms with Crippen LogP contribution in [0.5, 0.6) is 0 Å². The molecule has 1 amide bonds. The Labute approximate surface area is 125 Å². The number of amides is 1. The van der Waals surface area contributed by atoms with Crippen LogP contribution in [0.3, 0.4) is 0 Å².